The summed E-state index contributed by atoms with van der Waals surface area (Å²) >= 11 is 6.11. The third kappa shape index (κ3) is 2.55. The van der Waals surface area contributed by atoms with Gasteiger partial charge in [0.2, 0.25) is 0 Å². The Labute approximate surface area is 141 Å². The van der Waals surface area contributed by atoms with E-state index >= 15 is 0 Å². The Hall–Kier alpha value is -1.81. The van der Waals surface area contributed by atoms with Crippen LogP contribution in [0.2, 0.25) is 5.02 Å². The average Bonchev–Trinajstić information content (AvgIpc) is 2.89. The number of fused-ring (bicyclic) bond motifs is 1. The van der Waals surface area contributed by atoms with Gasteiger partial charge in [0, 0.05) is 24.0 Å². The number of benzene rings is 1. The molecule has 0 spiro atoms. The fourth-order valence-corrected chi connectivity index (χ4v) is 3.76. The lowest BCUT2D eigenvalue weighted by atomic mass is 9.88. The molecule has 122 valence electrons. The van der Waals surface area contributed by atoms with Gasteiger partial charge in [-0.25, -0.2) is 4.39 Å². The molecule has 0 aromatic heterocycles. The number of nitrogens with zero attached hydrogens (tertiary/aromatic N) is 2. The summed E-state index contributed by atoms with van der Waals surface area (Å²) in [5.41, 5.74) is 4.96. The van der Waals surface area contributed by atoms with Crippen LogP contribution in [0.1, 0.15) is 43.4 Å². The molecule has 3 rings (SSSR count). The highest BCUT2D eigenvalue weighted by atomic mass is 35.5. The maximum absolute atomic E-state index is 14.1. The van der Waals surface area contributed by atoms with Crippen molar-refractivity contribution in [1.82, 2.24) is 10.2 Å². The van der Waals surface area contributed by atoms with E-state index in [0.717, 1.165) is 28.9 Å². The van der Waals surface area contributed by atoms with Gasteiger partial charge < -0.3 is 10.2 Å². The topological polar surface area (TPSA) is 27.6 Å². The zero-order chi connectivity index (χ0) is 16.7. The molecule has 0 fully saturated rings. The van der Waals surface area contributed by atoms with Gasteiger partial charge in [-0.2, -0.15) is 0 Å². The van der Waals surface area contributed by atoms with Gasteiger partial charge in [0.15, 0.2) is 0 Å². The molecular weight excluding hydrogens is 313 g/mol. The van der Waals surface area contributed by atoms with Gasteiger partial charge in [-0.05, 0) is 43.0 Å². The molecule has 0 saturated heterocycles. The minimum absolute atomic E-state index is 0.0687. The van der Waals surface area contributed by atoms with E-state index in [-0.39, 0.29) is 22.9 Å². The molecule has 0 aliphatic carbocycles. The maximum Gasteiger partial charge on any atom is 0.144 e. The van der Waals surface area contributed by atoms with Crippen molar-refractivity contribution in [3.05, 3.63) is 57.4 Å². The second-order valence-corrected chi connectivity index (χ2v) is 6.50. The molecule has 0 radical (unpaired) electrons. The van der Waals surface area contributed by atoms with Crippen molar-refractivity contribution in [2.24, 2.45) is 4.99 Å². The minimum Gasteiger partial charge on any atom is -0.366 e. The molecule has 2 heterocycles. The number of hydrogen-bond donors (Lipinski definition) is 1. The Kier molecular flexibility index (Phi) is 4.19. The number of nitrogens with one attached hydrogen (secondary N) is 1. The first-order valence-corrected chi connectivity index (χ1v) is 8.26. The van der Waals surface area contributed by atoms with E-state index < -0.39 is 0 Å². The summed E-state index contributed by atoms with van der Waals surface area (Å²) < 4.78 is 14.1. The van der Waals surface area contributed by atoms with Crippen LogP contribution in [0, 0.1) is 12.7 Å². The van der Waals surface area contributed by atoms with Crippen molar-refractivity contribution in [1.29, 1.82) is 0 Å². The van der Waals surface area contributed by atoms with Crippen molar-refractivity contribution in [3.8, 4) is 0 Å². The van der Waals surface area contributed by atoms with Gasteiger partial charge in [0.05, 0.1) is 16.9 Å². The van der Waals surface area contributed by atoms with Gasteiger partial charge >= 0.3 is 0 Å². The quantitative estimate of drug-likeness (QED) is 0.883. The fraction of sp³-hybridized carbons (Fsp3) is 0.389. The molecule has 0 saturated carbocycles. The molecule has 0 amide bonds. The first kappa shape index (κ1) is 16.1. The number of allylic oxidation sites excluding steroid dienone is 2. The van der Waals surface area contributed by atoms with Crippen LogP contribution in [0.3, 0.4) is 0 Å². The summed E-state index contributed by atoms with van der Waals surface area (Å²) in [4.78, 5) is 6.37. The van der Waals surface area contributed by atoms with E-state index in [2.05, 4.69) is 29.1 Å². The van der Waals surface area contributed by atoms with Gasteiger partial charge in [-0.15, -0.1) is 0 Å². The SMILES string of the molecule is CCc1c(C(C)C2NC(C)=C3C=NC=CN32)cc(Cl)c(F)c1C. The Bertz CT molecular complexity index is 736. The standard InChI is InChI=1S/C18H21ClFN3/c1-5-13-10(2)17(20)15(19)8-14(13)11(3)18-22-12(4)16-9-21-6-7-23(16)18/h6-9,11,18,22H,5H2,1-4H3. The first-order valence-electron chi connectivity index (χ1n) is 7.88. The molecule has 1 aromatic carbocycles. The molecule has 2 aliphatic heterocycles. The van der Waals surface area contributed by atoms with E-state index in [1.807, 2.05) is 19.3 Å². The van der Waals surface area contributed by atoms with Crippen LogP contribution in [-0.2, 0) is 6.42 Å². The Morgan fingerprint density at radius 1 is 1.43 bits per heavy atom. The fourth-order valence-electron chi connectivity index (χ4n) is 3.50. The zero-order valence-corrected chi connectivity index (χ0v) is 14.6. The van der Waals surface area contributed by atoms with E-state index in [4.69, 9.17) is 11.6 Å². The largest absolute Gasteiger partial charge is 0.366 e. The predicted molar refractivity (Wildman–Crippen MR) is 93.0 cm³/mol. The summed E-state index contributed by atoms with van der Waals surface area (Å²) in [5, 5.41) is 3.72. The van der Waals surface area contributed by atoms with Crippen molar-refractivity contribution in [3.63, 3.8) is 0 Å². The number of halogens is 2. The molecule has 2 aliphatic rings. The lowest BCUT2D eigenvalue weighted by Gasteiger charge is -2.32. The smallest absolute Gasteiger partial charge is 0.144 e. The van der Waals surface area contributed by atoms with E-state index in [1.54, 1.807) is 19.2 Å². The third-order valence-electron chi connectivity index (χ3n) is 4.78. The van der Waals surface area contributed by atoms with Gasteiger partial charge in [-0.1, -0.05) is 25.4 Å². The molecule has 1 aromatic rings. The molecule has 3 nitrogen and oxygen atoms in total. The van der Waals surface area contributed by atoms with Crippen LogP contribution in [0.4, 0.5) is 4.39 Å². The summed E-state index contributed by atoms with van der Waals surface area (Å²) in [7, 11) is 0. The van der Waals surface area contributed by atoms with Crippen LogP contribution in [0.25, 0.3) is 0 Å². The monoisotopic (exact) mass is 333 g/mol. The maximum atomic E-state index is 14.1. The Balaban J connectivity index is 2.01. The Morgan fingerprint density at radius 2 is 2.17 bits per heavy atom. The van der Waals surface area contributed by atoms with Crippen LogP contribution in [0.15, 0.2) is 34.9 Å². The van der Waals surface area contributed by atoms with Crippen LogP contribution < -0.4 is 5.32 Å². The van der Waals surface area contributed by atoms with Crippen molar-refractivity contribution < 1.29 is 4.39 Å². The van der Waals surface area contributed by atoms with E-state index in [1.165, 1.54) is 0 Å². The second kappa shape index (κ2) is 6.00. The van der Waals surface area contributed by atoms with E-state index in [0.29, 0.717) is 5.56 Å². The predicted octanol–water partition coefficient (Wildman–Crippen LogP) is 4.47. The van der Waals surface area contributed by atoms with Gasteiger partial charge in [0.1, 0.15) is 12.0 Å². The molecule has 2 atom stereocenters. The van der Waals surface area contributed by atoms with Crippen LogP contribution >= 0.6 is 11.6 Å². The van der Waals surface area contributed by atoms with Crippen molar-refractivity contribution in [2.75, 3.05) is 0 Å². The van der Waals surface area contributed by atoms with Crippen LogP contribution in [-0.4, -0.2) is 17.3 Å². The molecule has 23 heavy (non-hydrogen) atoms. The van der Waals surface area contributed by atoms with Gasteiger partial charge in [0.25, 0.3) is 0 Å². The third-order valence-corrected chi connectivity index (χ3v) is 5.05. The highest BCUT2D eigenvalue weighted by Crippen LogP contribution is 2.36. The summed E-state index contributed by atoms with van der Waals surface area (Å²) in [6, 6.07) is 1.78. The second-order valence-electron chi connectivity index (χ2n) is 6.09. The number of rotatable bonds is 3. The normalized spacial score (nSPS) is 20.8. The first-order chi connectivity index (χ1) is 11.0. The highest BCUT2D eigenvalue weighted by molar-refractivity contribution is 6.30. The molecule has 0 bridgehead atoms. The minimum atomic E-state index is -0.307. The van der Waals surface area contributed by atoms with Crippen molar-refractivity contribution >= 4 is 17.8 Å². The average molecular weight is 334 g/mol. The summed E-state index contributed by atoms with van der Waals surface area (Å²) in [6.45, 7) is 8.05. The summed E-state index contributed by atoms with van der Waals surface area (Å²) in [6.07, 6.45) is 6.47. The van der Waals surface area contributed by atoms with E-state index in [9.17, 15) is 4.39 Å². The lowest BCUT2D eigenvalue weighted by molar-refractivity contribution is 0.308. The molecule has 2 unspecified atom stereocenters. The lowest BCUT2D eigenvalue weighted by Crippen LogP contribution is -2.39. The Morgan fingerprint density at radius 3 is 2.87 bits per heavy atom. The molecule has 1 N–H and O–H groups in total. The number of aliphatic imine (C=N–C) groups is 1. The molecular formula is C18H21ClFN3. The van der Waals surface area contributed by atoms with Crippen LogP contribution in [0.5, 0.6) is 0 Å². The number of hydrogen-bond acceptors (Lipinski definition) is 3. The van der Waals surface area contributed by atoms with Gasteiger partial charge in [-0.3, -0.25) is 4.99 Å². The summed E-state index contributed by atoms with van der Waals surface area (Å²) in [5.74, 6) is -0.163. The zero-order valence-electron chi connectivity index (χ0n) is 13.8. The van der Waals surface area contributed by atoms with Crippen molar-refractivity contribution in [2.45, 2.75) is 46.2 Å². The molecule has 5 heteroatoms. The highest BCUT2D eigenvalue weighted by Gasteiger charge is 2.34.